The molecule has 1 aromatic carbocycles. The van der Waals surface area contributed by atoms with E-state index < -0.39 is 7.92 Å². The quantitative estimate of drug-likeness (QED) is 0.855. The van der Waals surface area contributed by atoms with Crippen LogP contribution in [0.1, 0.15) is 5.56 Å². The van der Waals surface area contributed by atoms with Gasteiger partial charge in [-0.05, 0) is 37.9 Å². The Hall–Kier alpha value is -1.18. The second-order valence-electron chi connectivity index (χ2n) is 4.52. The molecule has 19 heavy (non-hydrogen) atoms. The summed E-state index contributed by atoms with van der Waals surface area (Å²) in [5.41, 5.74) is 2.10. The molecule has 0 atom stereocenters. The van der Waals surface area contributed by atoms with Crippen molar-refractivity contribution < 1.29 is 4.39 Å². The fourth-order valence-corrected chi connectivity index (χ4v) is 3.59. The average molecular weight is 297 g/mol. The number of hydrogen-bond donors (Lipinski definition) is 1. The van der Waals surface area contributed by atoms with Crippen LogP contribution in [0.5, 0.6) is 0 Å². The van der Waals surface area contributed by atoms with Crippen LogP contribution in [0.15, 0.2) is 30.6 Å². The predicted molar refractivity (Wildman–Crippen MR) is 82.1 cm³/mol. The van der Waals surface area contributed by atoms with Gasteiger partial charge in [-0.2, -0.15) is 0 Å². The van der Waals surface area contributed by atoms with E-state index in [0.717, 1.165) is 16.6 Å². The maximum atomic E-state index is 13.9. The highest BCUT2D eigenvalue weighted by Crippen LogP contribution is 2.33. The molecule has 0 amide bonds. The zero-order valence-electron chi connectivity index (χ0n) is 11.0. The molecule has 2 rings (SSSR count). The fraction of sp³-hybridized carbons (Fsp3) is 0.214. The summed E-state index contributed by atoms with van der Waals surface area (Å²) in [6.07, 6.45) is 3.30. The number of nitrogens with zero attached hydrogens (tertiary/aromatic N) is 1. The van der Waals surface area contributed by atoms with Crippen LogP contribution in [0.4, 0.5) is 15.8 Å². The summed E-state index contributed by atoms with van der Waals surface area (Å²) in [6.45, 7) is 6.07. The molecule has 100 valence electrons. The third-order valence-corrected chi connectivity index (χ3v) is 4.51. The van der Waals surface area contributed by atoms with Crippen LogP contribution in [0.3, 0.4) is 0 Å². The van der Waals surface area contributed by atoms with Gasteiger partial charge in [0, 0.05) is 11.5 Å². The van der Waals surface area contributed by atoms with Crippen LogP contribution in [-0.4, -0.2) is 18.3 Å². The molecule has 0 aliphatic carbocycles. The molecule has 1 aromatic heterocycles. The van der Waals surface area contributed by atoms with Crippen molar-refractivity contribution >= 4 is 36.2 Å². The fourth-order valence-electron chi connectivity index (χ4n) is 1.84. The van der Waals surface area contributed by atoms with E-state index in [0.29, 0.717) is 10.7 Å². The molecule has 0 aliphatic rings. The van der Waals surface area contributed by atoms with Crippen LogP contribution in [-0.2, 0) is 0 Å². The van der Waals surface area contributed by atoms with E-state index in [1.165, 1.54) is 6.07 Å². The smallest absolute Gasteiger partial charge is 0.146 e. The van der Waals surface area contributed by atoms with Gasteiger partial charge in [0.2, 0.25) is 0 Å². The Morgan fingerprint density at radius 3 is 2.58 bits per heavy atom. The van der Waals surface area contributed by atoms with Gasteiger partial charge in [-0.1, -0.05) is 25.6 Å². The summed E-state index contributed by atoms with van der Waals surface area (Å²) in [5, 5.41) is 4.71. The first-order valence-electron chi connectivity index (χ1n) is 5.83. The Morgan fingerprint density at radius 2 is 1.95 bits per heavy atom. The second kappa shape index (κ2) is 5.85. The monoisotopic (exact) mass is 296 g/mol. The van der Waals surface area contributed by atoms with Gasteiger partial charge in [0.15, 0.2) is 0 Å². The first-order valence-corrected chi connectivity index (χ1v) is 8.44. The minimum Gasteiger partial charge on any atom is -0.351 e. The van der Waals surface area contributed by atoms with Gasteiger partial charge in [0.1, 0.15) is 5.82 Å². The van der Waals surface area contributed by atoms with E-state index in [-0.39, 0.29) is 5.82 Å². The van der Waals surface area contributed by atoms with Crippen LogP contribution >= 0.6 is 19.5 Å². The Bertz CT molecular complexity index is 602. The molecule has 1 N–H and O–H groups in total. The molecule has 5 heteroatoms. The van der Waals surface area contributed by atoms with Gasteiger partial charge in [0.25, 0.3) is 0 Å². The first-order chi connectivity index (χ1) is 8.99. The molecule has 2 nitrogen and oxygen atoms in total. The van der Waals surface area contributed by atoms with Crippen molar-refractivity contribution in [2.75, 3.05) is 18.6 Å². The molecule has 2 aromatic rings. The lowest BCUT2D eigenvalue weighted by atomic mass is 10.2. The second-order valence-corrected chi connectivity index (χ2v) is 7.16. The molecule has 0 spiro atoms. The topological polar surface area (TPSA) is 24.9 Å². The number of benzene rings is 1. The van der Waals surface area contributed by atoms with Crippen molar-refractivity contribution in [3.63, 3.8) is 0 Å². The molecular weight excluding hydrogens is 282 g/mol. The third-order valence-electron chi connectivity index (χ3n) is 2.71. The number of halogens is 2. The molecule has 0 saturated carbocycles. The number of rotatable bonds is 3. The minimum atomic E-state index is -0.406. The summed E-state index contributed by atoms with van der Waals surface area (Å²) < 4.78 is 13.9. The molecule has 0 unspecified atom stereocenters. The zero-order valence-corrected chi connectivity index (χ0v) is 12.7. The van der Waals surface area contributed by atoms with Crippen molar-refractivity contribution in [2.24, 2.45) is 0 Å². The van der Waals surface area contributed by atoms with E-state index in [2.05, 4.69) is 23.6 Å². The van der Waals surface area contributed by atoms with Gasteiger partial charge in [-0.15, -0.1) is 0 Å². The van der Waals surface area contributed by atoms with Gasteiger partial charge < -0.3 is 5.32 Å². The van der Waals surface area contributed by atoms with E-state index >= 15 is 0 Å². The summed E-state index contributed by atoms with van der Waals surface area (Å²) in [7, 11) is -0.406. The summed E-state index contributed by atoms with van der Waals surface area (Å²) in [5.74, 6) is -0.276. The van der Waals surface area contributed by atoms with Crippen molar-refractivity contribution in [2.45, 2.75) is 6.92 Å². The van der Waals surface area contributed by atoms with Gasteiger partial charge in [-0.25, -0.2) is 4.39 Å². The minimum absolute atomic E-state index is 0.276. The van der Waals surface area contributed by atoms with Crippen LogP contribution < -0.4 is 10.6 Å². The Balaban J connectivity index is 2.41. The third kappa shape index (κ3) is 3.23. The summed E-state index contributed by atoms with van der Waals surface area (Å²) in [4.78, 5) is 4.06. The van der Waals surface area contributed by atoms with Gasteiger partial charge in [0.05, 0.1) is 22.6 Å². The largest absolute Gasteiger partial charge is 0.351 e. The Kier molecular flexibility index (Phi) is 4.38. The van der Waals surface area contributed by atoms with Crippen molar-refractivity contribution in [1.82, 2.24) is 4.98 Å². The Labute approximate surface area is 118 Å². The number of nitrogens with one attached hydrogen (secondary N) is 1. The molecule has 0 radical (unpaired) electrons. The standard InChI is InChI=1S/C14H15ClFN2P/c1-9-4-5-12(11(16)6-9)18-13-8-17-7-10(15)14(13)19(2)3/h4-8,18H,1-3H3. The highest BCUT2D eigenvalue weighted by molar-refractivity contribution is 7.64. The zero-order chi connectivity index (χ0) is 14.0. The number of aromatic nitrogens is 1. The first kappa shape index (κ1) is 14.2. The lowest BCUT2D eigenvalue weighted by Gasteiger charge is -2.16. The maximum Gasteiger partial charge on any atom is 0.146 e. The number of pyridine rings is 1. The molecule has 1 heterocycles. The number of aryl methyl sites for hydroxylation is 1. The summed E-state index contributed by atoms with van der Waals surface area (Å²) in [6, 6.07) is 5.09. The SMILES string of the molecule is Cc1ccc(Nc2cncc(Cl)c2P(C)C)c(F)c1. The van der Waals surface area contributed by atoms with Crippen molar-refractivity contribution in [3.8, 4) is 0 Å². The summed E-state index contributed by atoms with van der Waals surface area (Å²) >= 11 is 6.18. The maximum absolute atomic E-state index is 13.9. The Morgan fingerprint density at radius 1 is 1.21 bits per heavy atom. The van der Waals surface area contributed by atoms with Gasteiger partial charge >= 0.3 is 0 Å². The van der Waals surface area contributed by atoms with Crippen LogP contribution in [0.2, 0.25) is 5.02 Å². The van der Waals surface area contributed by atoms with Gasteiger partial charge in [-0.3, -0.25) is 4.98 Å². The molecule has 0 aliphatic heterocycles. The highest BCUT2D eigenvalue weighted by atomic mass is 35.5. The lowest BCUT2D eigenvalue weighted by Crippen LogP contribution is -2.10. The predicted octanol–water partition coefficient (Wildman–Crippen LogP) is 4.29. The normalized spacial score (nSPS) is 10.8. The molecule has 0 bridgehead atoms. The van der Waals surface area contributed by atoms with Crippen LogP contribution in [0, 0.1) is 12.7 Å². The molecule has 0 saturated heterocycles. The van der Waals surface area contributed by atoms with E-state index in [9.17, 15) is 4.39 Å². The average Bonchev–Trinajstić information content (AvgIpc) is 2.32. The van der Waals surface area contributed by atoms with E-state index in [1.807, 2.05) is 13.0 Å². The highest BCUT2D eigenvalue weighted by Gasteiger charge is 2.13. The number of anilines is 2. The van der Waals surface area contributed by atoms with E-state index in [1.54, 1.807) is 18.5 Å². The molecule has 0 fully saturated rings. The van der Waals surface area contributed by atoms with Crippen molar-refractivity contribution in [3.05, 3.63) is 47.0 Å². The molecular formula is C14H15ClFN2P. The van der Waals surface area contributed by atoms with Crippen LogP contribution in [0.25, 0.3) is 0 Å². The van der Waals surface area contributed by atoms with E-state index in [4.69, 9.17) is 11.6 Å². The lowest BCUT2D eigenvalue weighted by molar-refractivity contribution is 0.631. The number of hydrogen-bond acceptors (Lipinski definition) is 2. The van der Waals surface area contributed by atoms with Crippen molar-refractivity contribution in [1.29, 1.82) is 0 Å².